The van der Waals surface area contributed by atoms with E-state index < -0.39 is 10.0 Å². The molecule has 10 nitrogen and oxygen atoms in total. The minimum Gasteiger partial charge on any atom is -0.342 e. The Balaban J connectivity index is 1.07. The molecule has 0 atom stereocenters. The van der Waals surface area contributed by atoms with Gasteiger partial charge in [0.25, 0.3) is 0 Å². The molecule has 0 N–H and O–H groups in total. The van der Waals surface area contributed by atoms with E-state index in [0.29, 0.717) is 56.0 Å². The number of carbonyl (C=O) groups excluding carboxylic acids is 1. The summed E-state index contributed by atoms with van der Waals surface area (Å²) in [5, 5.41) is 4.24. The Labute approximate surface area is 208 Å². The van der Waals surface area contributed by atoms with E-state index in [0.717, 1.165) is 49.1 Å². The van der Waals surface area contributed by atoms with Crippen LogP contribution < -0.4 is 0 Å². The van der Waals surface area contributed by atoms with Crippen molar-refractivity contribution in [2.24, 2.45) is 5.92 Å². The highest BCUT2D eigenvalue weighted by Gasteiger charge is 2.41. The molecule has 3 aromatic rings. The van der Waals surface area contributed by atoms with E-state index in [2.05, 4.69) is 25.8 Å². The van der Waals surface area contributed by atoms with Gasteiger partial charge in [-0.3, -0.25) is 4.79 Å². The Bertz CT molecular complexity index is 1350. The number of fused-ring (bicyclic) bond motifs is 1. The minimum absolute atomic E-state index is 0.127. The van der Waals surface area contributed by atoms with E-state index in [-0.39, 0.29) is 22.1 Å². The number of hydrogen-bond donors (Lipinski definition) is 0. The van der Waals surface area contributed by atoms with Gasteiger partial charge in [0.05, 0.1) is 11.7 Å². The van der Waals surface area contributed by atoms with Crippen LogP contribution in [0.15, 0.2) is 27.6 Å². The van der Waals surface area contributed by atoms with E-state index in [1.54, 1.807) is 18.2 Å². The van der Waals surface area contributed by atoms with Gasteiger partial charge in [0.1, 0.15) is 15.9 Å². The summed E-state index contributed by atoms with van der Waals surface area (Å²) in [5.74, 6) is 1.91. The summed E-state index contributed by atoms with van der Waals surface area (Å²) >= 11 is 1.01. The van der Waals surface area contributed by atoms with Crippen LogP contribution in [0.3, 0.4) is 0 Å². The van der Waals surface area contributed by atoms with Crippen molar-refractivity contribution < 1.29 is 17.7 Å². The lowest BCUT2D eigenvalue weighted by molar-refractivity contribution is -0.138. The highest BCUT2D eigenvalue weighted by molar-refractivity contribution is 7.89. The Morgan fingerprint density at radius 3 is 2.54 bits per heavy atom. The molecule has 0 unspecified atom stereocenters. The Kier molecular flexibility index (Phi) is 5.65. The number of aromatic nitrogens is 4. The van der Waals surface area contributed by atoms with Crippen LogP contribution in [0.1, 0.15) is 63.1 Å². The summed E-state index contributed by atoms with van der Waals surface area (Å²) in [4.78, 5) is 20.0. The number of rotatable bonds is 5. The number of likely N-dealkylation sites (tertiary alicyclic amines) is 1. The van der Waals surface area contributed by atoms with Crippen molar-refractivity contribution in [1.82, 2.24) is 28.1 Å². The first-order valence-electron chi connectivity index (χ1n) is 12.2. The quantitative estimate of drug-likeness (QED) is 0.507. The third-order valence-corrected chi connectivity index (χ3v) is 10.2. The Morgan fingerprint density at radius 1 is 1.09 bits per heavy atom. The second-order valence-corrected chi connectivity index (χ2v) is 12.6. The molecule has 3 fully saturated rings. The molecule has 1 amide bonds. The molecular formula is C23H28N6O4S2. The molecule has 0 radical (unpaired) electrons. The molecule has 4 heterocycles. The summed E-state index contributed by atoms with van der Waals surface area (Å²) in [6, 6.07) is 5.04. The standard InChI is InChI=1S/C23H28N6O4S2/c1-23(22-24-20(33-25-22)15-5-6-15)9-13-28(14-10-23)21(30)16-7-11-29(12-8-16)35(31,32)18-4-2-3-17-19(18)27-34-26-17/h2-4,15-16H,5-14H2,1H3. The van der Waals surface area contributed by atoms with E-state index in [1.807, 2.05) is 4.90 Å². The average molecular weight is 517 g/mol. The van der Waals surface area contributed by atoms with Crippen molar-refractivity contribution in [2.75, 3.05) is 26.2 Å². The van der Waals surface area contributed by atoms with Gasteiger partial charge in [0, 0.05) is 43.4 Å². The summed E-state index contributed by atoms with van der Waals surface area (Å²) in [7, 11) is -3.69. The fourth-order valence-electron chi connectivity index (χ4n) is 5.15. The average Bonchev–Trinajstić information content (AvgIpc) is 3.39. The summed E-state index contributed by atoms with van der Waals surface area (Å²) in [6.45, 7) is 4.11. The molecule has 0 bridgehead atoms. The molecular weight excluding hydrogens is 488 g/mol. The highest BCUT2D eigenvalue weighted by Crippen LogP contribution is 2.41. The van der Waals surface area contributed by atoms with Crippen molar-refractivity contribution in [3.05, 3.63) is 29.9 Å². The molecule has 3 aliphatic rings. The van der Waals surface area contributed by atoms with Gasteiger partial charge in [-0.15, -0.1) is 0 Å². The van der Waals surface area contributed by atoms with Crippen molar-refractivity contribution in [3.63, 3.8) is 0 Å². The molecule has 2 aromatic heterocycles. The van der Waals surface area contributed by atoms with Crippen LogP contribution in [0.4, 0.5) is 0 Å². The van der Waals surface area contributed by atoms with Crippen molar-refractivity contribution >= 4 is 38.7 Å². The van der Waals surface area contributed by atoms with E-state index in [9.17, 15) is 13.2 Å². The zero-order chi connectivity index (χ0) is 24.2. The third-order valence-electron chi connectivity index (χ3n) is 7.76. The van der Waals surface area contributed by atoms with Gasteiger partial charge < -0.3 is 9.42 Å². The maximum absolute atomic E-state index is 13.3. The molecule has 1 aromatic carbocycles. The number of nitrogens with zero attached hydrogens (tertiary/aromatic N) is 6. The predicted octanol–water partition coefficient (Wildman–Crippen LogP) is 2.93. The molecule has 35 heavy (non-hydrogen) atoms. The van der Waals surface area contributed by atoms with Crippen LogP contribution >= 0.6 is 11.7 Å². The van der Waals surface area contributed by atoms with Crippen molar-refractivity contribution in [2.45, 2.75) is 61.7 Å². The first kappa shape index (κ1) is 23.0. The van der Waals surface area contributed by atoms with Gasteiger partial charge >= 0.3 is 0 Å². The monoisotopic (exact) mass is 516 g/mol. The zero-order valence-electron chi connectivity index (χ0n) is 19.6. The normalized spacial score (nSPS) is 22.0. The van der Waals surface area contributed by atoms with Gasteiger partial charge in [-0.25, -0.2) is 8.42 Å². The number of piperidine rings is 2. The van der Waals surface area contributed by atoms with Gasteiger partial charge in [-0.05, 0) is 50.7 Å². The molecule has 186 valence electrons. The van der Waals surface area contributed by atoms with Crippen LogP contribution in [0, 0.1) is 5.92 Å². The Hall–Kier alpha value is -2.44. The van der Waals surface area contributed by atoms with E-state index in [1.165, 1.54) is 4.31 Å². The second-order valence-electron chi connectivity index (χ2n) is 10.2. The van der Waals surface area contributed by atoms with Gasteiger partial charge in [0.15, 0.2) is 5.82 Å². The fourth-order valence-corrected chi connectivity index (χ4v) is 7.37. The van der Waals surface area contributed by atoms with Crippen LogP contribution in [0.5, 0.6) is 0 Å². The van der Waals surface area contributed by atoms with Crippen LogP contribution in [-0.2, 0) is 20.2 Å². The largest absolute Gasteiger partial charge is 0.342 e. The molecule has 0 spiro atoms. The molecule has 12 heteroatoms. The van der Waals surface area contributed by atoms with Crippen molar-refractivity contribution in [3.8, 4) is 0 Å². The van der Waals surface area contributed by atoms with Gasteiger partial charge in [-0.1, -0.05) is 18.1 Å². The molecule has 6 rings (SSSR count). The lowest BCUT2D eigenvalue weighted by atomic mass is 9.79. The Morgan fingerprint density at radius 2 is 1.83 bits per heavy atom. The number of carbonyl (C=O) groups is 1. The number of amides is 1. The first-order chi connectivity index (χ1) is 16.8. The number of sulfonamides is 1. The SMILES string of the molecule is CC1(c2noc(C3CC3)n2)CCN(C(=O)C2CCN(S(=O)(=O)c3cccc4nsnc34)CC2)CC1. The molecule has 1 saturated carbocycles. The highest BCUT2D eigenvalue weighted by atomic mass is 32.2. The maximum atomic E-state index is 13.3. The topological polar surface area (TPSA) is 122 Å². The predicted molar refractivity (Wildman–Crippen MR) is 128 cm³/mol. The fraction of sp³-hybridized carbons (Fsp3) is 0.609. The second kappa shape index (κ2) is 8.59. The minimum atomic E-state index is -3.69. The maximum Gasteiger partial charge on any atom is 0.245 e. The third kappa shape index (κ3) is 4.15. The zero-order valence-corrected chi connectivity index (χ0v) is 21.2. The molecule has 1 aliphatic carbocycles. The van der Waals surface area contributed by atoms with E-state index in [4.69, 9.17) is 4.52 Å². The van der Waals surface area contributed by atoms with Gasteiger partial charge in [-0.2, -0.15) is 18.0 Å². The summed E-state index contributed by atoms with van der Waals surface area (Å²) in [5.41, 5.74) is 0.817. The number of hydrogen-bond acceptors (Lipinski definition) is 9. The molecule has 2 aliphatic heterocycles. The molecule has 2 saturated heterocycles. The van der Waals surface area contributed by atoms with Crippen LogP contribution in [0.25, 0.3) is 11.0 Å². The van der Waals surface area contributed by atoms with Crippen LogP contribution in [0.2, 0.25) is 0 Å². The number of benzene rings is 1. The lowest BCUT2D eigenvalue weighted by Gasteiger charge is -2.40. The van der Waals surface area contributed by atoms with Crippen molar-refractivity contribution in [1.29, 1.82) is 0 Å². The summed E-state index contributed by atoms with van der Waals surface area (Å²) in [6.07, 6.45) is 4.87. The van der Waals surface area contributed by atoms with Gasteiger partial charge in [0.2, 0.25) is 21.8 Å². The van der Waals surface area contributed by atoms with Crippen LogP contribution in [-0.4, -0.2) is 68.6 Å². The first-order valence-corrected chi connectivity index (χ1v) is 14.4. The summed E-state index contributed by atoms with van der Waals surface area (Å²) < 4.78 is 41.8. The smallest absolute Gasteiger partial charge is 0.245 e. The lowest BCUT2D eigenvalue weighted by Crippen LogP contribution is -2.49. The van der Waals surface area contributed by atoms with E-state index >= 15 is 0 Å².